The van der Waals surface area contributed by atoms with Crippen LogP contribution in [0.5, 0.6) is 0 Å². The molecule has 20 heavy (non-hydrogen) atoms. The lowest BCUT2D eigenvalue weighted by Crippen LogP contribution is -2.09. The molecule has 0 amide bonds. The molecule has 0 saturated carbocycles. The van der Waals surface area contributed by atoms with E-state index in [1.807, 2.05) is 0 Å². The van der Waals surface area contributed by atoms with E-state index in [1.54, 1.807) is 6.33 Å². The number of benzene rings is 1. The Balaban J connectivity index is 1.57. The molecule has 1 aliphatic carbocycles. The van der Waals surface area contributed by atoms with E-state index in [1.165, 1.54) is 23.2 Å². The molecule has 3 rings (SSSR count). The summed E-state index contributed by atoms with van der Waals surface area (Å²) in [5, 5.41) is 3.49. The molecule has 0 radical (unpaired) electrons. The van der Waals surface area contributed by atoms with Gasteiger partial charge in [-0.2, -0.15) is 0 Å². The molecule has 104 valence electrons. The monoisotopic (exact) mass is 267 g/mol. The zero-order valence-corrected chi connectivity index (χ0v) is 12.0. The Morgan fingerprint density at radius 2 is 2.00 bits per heavy atom. The first kappa shape index (κ1) is 13.1. The van der Waals surface area contributed by atoms with Gasteiger partial charge in [-0.25, -0.2) is 9.97 Å². The number of aryl methyl sites for hydroxylation is 1. The first-order chi connectivity index (χ1) is 9.84. The summed E-state index contributed by atoms with van der Waals surface area (Å²) >= 11 is 0. The van der Waals surface area contributed by atoms with Crippen molar-refractivity contribution in [1.29, 1.82) is 0 Å². The van der Waals surface area contributed by atoms with E-state index < -0.39 is 0 Å². The summed E-state index contributed by atoms with van der Waals surface area (Å²) in [6.45, 7) is 3.24. The van der Waals surface area contributed by atoms with Gasteiger partial charge < -0.3 is 5.32 Å². The van der Waals surface area contributed by atoms with Crippen molar-refractivity contribution in [2.24, 2.45) is 0 Å². The molecule has 1 heterocycles. The summed E-state index contributed by atoms with van der Waals surface area (Å²) in [5.74, 6) is 1.62. The molecule has 0 spiro atoms. The lowest BCUT2D eigenvalue weighted by atomic mass is 9.98. The van der Waals surface area contributed by atoms with Crippen molar-refractivity contribution in [3.8, 4) is 0 Å². The molecule has 1 aromatic heterocycles. The van der Waals surface area contributed by atoms with E-state index in [2.05, 4.69) is 52.5 Å². The Morgan fingerprint density at radius 3 is 2.85 bits per heavy atom. The molecular formula is C17H21N3. The van der Waals surface area contributed by atoms with Crippen LogP contribution in [-0.2, 0) is 12.8 Å². The first-order valence-electron chi connectivity index (χ1n) is 7.46. The third-order valence-electron chi connectivity index (χ3n) is 4.11. The van der Waals surface area contributed by atoms with Crippen LogP contribution in [0.15, 0.2) is 36.7 Å². The van der Waals surface area contributed by atoms with Crippen LogP contribution in [0.25, 0.3) is 0 Å². The van der Waals surface area contributed by atoms with Crippen molar-refractivity contribution in [1.82, 2.24) is 9.97 Å². The second-order valence-electron chi connectivity index (χ2n) is 5.53. The van der Waals surface area contributed by atoms with E-state index in [0.29, 0.717) is 5.92 Å². The van der Waals surface area contributed by atoms with E-state index in [-0.39, 0.29) is 0 Å². The van der Waals surface area contributed by atoms with Crippen molar-refractivity contribution in [3.05, 3.63) is 53.5 Å². The Hall–Kier alpha value is -1.90. The molecule has 1 aliphatic rings. The molecular weight excluding hydrogens is 246 g/mol. The number of aromatic nitrogens is 2. The Morgan fingerprint density at radius 1 is 1.15 bits per heavy atom. The van der Waals surface area contributed by atoms with E-state index in [4.69, 9.17) is 0 Å². The fourth-order valence-corrected chi connectivity index (χ4v) is 2.87. The van der Waals surface area contributed by atoms with Gasteiger partial charge in [0.15, 0.2) is 0 Å². The van der Waals surface area contributed by atoms with Crippen LogP contribution in [-0.4, -0.2) is 16.5 Å². The van der Waals surface area contributed by atoms with Crippen LogP contribution in [0.4, 0.5) is 5.82 Å². The molecule has 0 bridgehead atoms. The molecule has 1 atom stereocenters. The molecule has 1 N–H and O–H groups in total. The fourth-order valence-electron chi connectivity index (χ4n) is 2.87. The van der Waals surface area contributed by atoms with E-state index >= 15 is 0 Å². The number of rotatable bonds is 5. The summed E-state index contributed by atoms with van der Waals surface area (Å²) in [6, 6.07) is 10.7. The number of fused-ring (bicyclic) bond motifs is 1. The molecule has 0 saturated heterocycles. The van der Waals surface area contributed by atoms with Gasteiger partial charge in [0, 0.05) is 17.8 Å². The SMILES string of the molecule is CC(CCNc1ncnc2c1CCC2)c1ccccc1. The number of anilines is 1. The first-order valence-corrected chi connectivity index (χ1v) is 7.46. The molecule has 1 unspecified atom stereocenters. The van der Waals surface area contributed by atoms with Crippen LogP contribution in [0, 0.1) is 0 Å². The van der Waals surface area contributed by atoms with Crippen molar-refractivity contribution < 1.29 is 0 Å². The summed E-state index contributed by atoms with van der Waals surface area (Å²) in [6.07, 6.45) is 6.23. The highest BCUT2D eigenvalue weighted by molar-refractivity contribution is 5.47. The minimum atomic E-state index is 0.568. The van der Waals surface area contributed by atoms with Crippen LogP contribution >= 0.6 is 0 Å². The molecule has 1 aromatic carbocycles. The van der Waals surface area contributed by atoms with Crippen molar-refractivity contribution in [2.45, 2.75) is 38.5 Å². The molecule has 3 nitrogen and oxygen atoms in total. The van der Waals surface area contributed by atoms with Gasteiger partial charge in [-0.1, -0.05) is 37.3 Å². The van der Waals surface area contributed by atoms with Crippen LogP contribution in [0.2, 0.25) is 0 Å². The Kier molecular flexibility index (Phi) is 3.95. The molecule has 0 fully saturated rings. The lowest BCUT2D eigenvalue weighted by Gasteiger charge is -2.14. The van der Waals surface area contributed by atoms with Crippen molar-refractivity contribution in [3.63, 3.8) is 0 Å². The van der Waals surface area contributed by atoms with Gasteiger partial charge in [-0.3, -0.25) is 0 Å². The lowest BCUT2D eigenvalue weighted by molar-refractivity contribution is 0.704. The van der Waals surface area contributed by atoms with Crippen LogP contribution in [0.1, 0.15) is 42.5 Å². The molecule has 3 heteroatoms. The summed E-state index contributed by atoms with van der Waals surface area (Å²) in [5.41, 5.74) is 3.97. The van der Waals surface area contributed by atoms with Gasteiger partial charge in [-0.15, -0.1) is 0 Å². The van der Waals surface area contributed by atoms with Crippen molar-refractivity contribution >= 4 is 5.82 Å². The topological polar surface area (TPSA) is 37.8 Å². The molecule has 0 aliphatic heterocycles. The maximum Gasteiger partial charge on any atom is 0.132 e. The number of nitrogens with zero attached hydrogens (tertiary/aromatic N) is 2. The average Bonchev–Trinajstić information content (AvgIpc) is 2.97. The maximum atomic E-state index is 4.40. The van der Waals surface area contributed by atoms with Gasteiger partial charge in [-0.05, 0) is 37.2 Å². The summed E-state index contributed by atoms with van der Waals surface area (Å²) in [7, 11) is 0. The zero-order valence-electron chi connectivity index (χ0n) is 12.0. The van der Waals surface area contributed by atoms with Gasteiger partial charge in [0.05, 0.1) is 0 Å². The van der Waals surface area contributed by atoms with Gasteiger partial charge in [0.1, 0.15) is 12.1 Å². The van der Waals surface area contributed by atoms with E-state index in [0.717, 1.165) is 31.6 Å². The minimum absolute atomic E-state index is 0.568. The Labute approximate surface area is 120 Å². The second kappa shape index (κ2) is 6.04. The van der Waals surface area contributed by atoms with Gasteiger partial charge in [0.25, 0.3) is 0 Å². The van der Waals surface area contributed by atoms with Crippen LogP contribution < -0.4 is 5.32 Å². The summed E-state index contributed by atoms with van der Waals surface area (Å²) < 4.78 is 0. The second-order valence-corrected chi connectivity index (χ2v) is 5.53. The van der Waals surface area contributed by atoms with Crippen LogP contribution in [0.3, 0.4) is 0 Å². The third-order valence-corrected chi connectivity index (χ3v) is 4.11. The Bertz CT molecular complexity index is 566. The predicted octanol–water partition coefficient (Wildman–Crippen LogP) is 3.57. The standard InChI is InChI=1S/C17H21N3/c1-13(14-6-3-2-4-7-14)10-11-18-17-15-8-5-9-16(15)19-12-20-17/h2-4,6-7,12-13H,5,8-11H2,1H3,(H,18,19,20). The predicted molar refractivity (Wildman–Crippen MR) is 82.0 cm³/mol. The van der Waals surface area contributed by atoms with Gasteiger partial charge in [0.2, 0.25) is 0 Å². The summed E-state index contributed by atoms with van der Waals surface area (Å²) in [4.78, 5) is 8.76. The van der Waals surface area contributed by atoms with E-state index in [9.17, 15) is 0 Å². The molecule has 2 aromatic rings. The fraction of sp³-hybridized carbons (Fsp3) is 0.412. The quantitative estimate of drug-likeness (QED) is 0.900. The normalized spacial score (nSPS) is 14.8. The highest BCUT2D eigenvalue weighted by atomic mass is 15.0. The average molecular weight is 267 g/mol. The highest BCUT2D eigenvalue weighted by Crippen LogP contribution is 2.25. The highest BCUT2D eigenvalue weighted by Gasteiger charge is 2.16. The third kappa shape index (κ3) is 2.82. The largest absolute Gasteiger partial charge is 0.370 e. The minimum Gasteiger partial charge on any atom is -0.370 e. The maximum absolute atomic E-state index is 4.40. The number of hydrogen-bond donors (Lipinski definition) is 1. The zero-order chi connectivity index (χ0) is 13.8. The number of nitrogens with one attached hydrogen (secondary N) is 1. The smallest absolute Gasteiger partial charge is 0.132 e. The van der Waals surface area contributed by atoms with Gasteiger partial charge >= 0.3 is 0 Å². The van der Waals surface area contributed by atoms with Crippen molar-refractivity contribution in [2.75, 3.05) is 11.9 Å². The number of hydrogen-bond acceptors (Lipinski definition) is 3.